The zero-order valence-corrected chi connectivity index (χ0v) is 11.6. The van der Waals surface area contributed by atoms with Gasteiger partial charge in [-0.2, -0.15) is 0 Å². The standard InChI is InChI=1S/C12H14BrFN4/c1-2-5-15-7-10-8-18(17-16-10)12-6-9(14)3-4-11(12)13/h3-4,6,8,15H,2,5,7H2,1H3. The fourth-order valence-corrected chi connectivity index (χ4v) is 1.98. The SMILES string of the molecule is CCCNCc1cn(-c2cc(F)ccc2Br)nn1. The molecule has 96 valence electrons. The third-order valence-corrected chi connectivity index (χ3v) is 3.10. The van der Waals surface area contributed by atoms with Crippen molar-refractivity contribution >= 4 is 15.9 Å². The van der Waals surface area contributed by atoms with Crippen molar-refractivity contribution in [2.45, 2.75) is 19.9 Å². The number of rotatable bonds is 5. The van der Waals surface area contributed by atoms with Crippen LogP contribution in [0.4, 0.5) is 4.39 Å². The predicted octanol–water partition coefficient (Wildman–Crippen LogP) is 2.67. The van der Waals surface area contributed by atoms with E-state index in [1.807, 2.05) is 0 Å². The van der Waals surface area contributed by atoms with Crippen molar-refractivity contribution in [3.8, 4) is 5.69 Å². The second kappa shape index (κ2) is 6.06. The third-order valence-electron chi connectivity index (χ3n) is 2.43. The molecule has 18 heavy (non-hydrogen) atoms. The fraction of sp³-hybridized carbons (Fsp3) is 0.333. The van der Waals surface area contributed by atoms with Gasteiger partial charge in [0.05, 0.1) is 17.6 Å². The average molecular weight is 313 g/mol. The van der Waals surface area contributed by atoms with Gasteiger partial charge in [0.25, 0.3) is 0 Å². The van der Waals surface area contributed by atoms with Crippen LogP contribution in [0.1, 0.15) is 19.0 Å². The Morgan fingerprint density at radius 2 is 2.28 bits per heavy atom. The van der Waals surface area contributed by atoms with Gasteiger partial charge in [-0.05, 0) is 41.0 Å². The summed E-state index contributed by atoms with van der Waals surface area (Å²) in [5, 5.41) is 11.3. The summed E-state index contributed by atoms with van der Waals surface area (Å²) < 4.78 is 15.5. The first-order valence-electron chi connectivity index (χ1n) is 5.78. The van der Waals surface area contributed by atoms with Crippen molar-refractivity contribution in [3.05, 3.63) is 40.4 Å². The molecular formula is C12H14BrFN4. The second-order valence-corrected chi connectivity index (χ2v) is 4.78. The quantitative estimate of drug-likeness (QED) is 0.863. The van der Waals surface area contributed by atoms with Gasteiger partial charge in [0.2, 0.25) is 0 Å². The minimum Gasteiger partial charge on any atom is -0.311 e. The van der Waals surface area contributed by atoms with Crippen LogP contribution in [0.3, 0.4) is 0 Å². The second-order valence-electron chi connectivity index (χ2n) is 3.93. The Hall–Kier alpha value is -1.27. The van der Waals surface area contributed by atoms with Gasteiger partial charge in [0.1, 0.15) is 5.82 Å². The maximum Gasteiger partial charge on any atom is 0.125 e. The molecule has 0 saturated carbocycles. The van der Waals surface area contributed by atoms with Gasteiger partial charge in [0, 0.05) is 17.1 Å². The summed E-state index contributed by atoms with van der Waals surface area (Å²) in [6, 6.07) is 4.47. The molecule has 4 nitrogen and oxygen atoms in total. The average Bonchev–Trinajstić information content (AvgIpc) is 2.81. The highest BCUT2D eigenvalue weighted by atomic mass is 79.9. The number of benzene rings is 1. The lowest BCUT2D eigenvalue weighted by atomic mass is 10.3. The first-order valence-corrected chi connectivity index (χ1v) is 6.57. The largest absolute Gasteiger partial charge is 0.311 e. The van der Waals surface area contributed by atoms with Crippen molar-refractivity contribution < 1.29 is 4.39 Å². The molecule has 0 atom stereocenters. The molecule has 1 aromatic carbocycles. The summed E-state index contributed by atoms with van der Waals surface area (Å²) in [5.41, 5.74) is 1.48. The molecular weight excluding hydrogens is 299 g/mol. The molecule has 1 N–H and O–H groups in total. The fourth-order valence-electron chi connectivity index (χ4n) is 1.55. The summed E-state index contributed by atoms with van der Waals surface area (Å²) in [7, 11) is 0. The van der Waals surface area contributed by atoms with Crippen LogP contribution in [0.2, 0.25) is 0 Å². The van der Waals surface area contributed by atoms with Crippen molar-refractivity contribution in [2.24, 2.45) is 0 Å². The summed E-state index contributed by atoms with van der Waals surface area (Å²) >= 11 is 3.37. The predicted molar refractivity (Wildman–Crippen MR) is 71.0 cm³/mol. The Balaban J connectivity index is 2.16. The summed E-state index contributed by atoms with van der Waals surface area (Å²) in [6.07, 6.45) is 2.87. The third kappa shape index (κ3) is 3.14. The van der Waals surface area contributed by atoms with E-state index in [1.165, 1.54) is 12.1 Å². The van der Waals surface area contributed by atoms with Gasteiger partial charge in [-0.1, -0.05) is 12.1 Å². The Morgan fingerprint density at radius 3 is 3.06 bits per heavy atom. The lowest BCUT2D eigenvalue weighted by molar-refractivity contribution is 0.624. The van der Waals surface area contributed by atoms with E-state index in [0.29, 0.717) is 12.2 Å². The van der Waals surface area contributed by atoms with E-state index in [0.717, 1.165) is 23.1 Å². The number of hydrogen-bond donors (Lipinski definition) is 1. The lowest BCUT2D eigenvalue weighted by Crippen LogP contribution is -2.13. The Kier molecular flexibility index (Phi) is 4.43. The van der Waals surface area contributed by atoms with Crippen LogP contribution in [0, 0.1) is 5.82 Å². The highest BCUT2D eigenvalue weighted by Gasteiger charge is 2.07. The van der Waals surface area contributed by atoms with E-state index < -0.39 is 0 Å². The van der Waals surface area contributed by atoms with Crippen LogP contribution in [-0.2, 0) is 6.54 Å². The number of hydrogen-bond acceptors (Lipinski definition) is 3. The molecule has 0 aliphatic rings. The monoisotopic (exact) mass is 312 g/mol. The molecule has 1 heterocycles. The van der Waals surface area contributed by atoms with E-state index >= 15 is 0 Å². The van der Waals surface area contributed by atoms with Gasteiger partial charge in [-0.3, -0.25) is 0 Å². The van der Waals surface area contributed by atoms with Crippen molar-refractivity contribution in [1.82, 2.24) is 20.3 Å². The van der Waals surface area contributed by atoms with Gasteiger partial charge >= 0.3 is 0 Å². The Labute approximate surface area is 113 Å². The van der Waals surface area contributed by atoms with Crippen LogP contribution in [0.5, 0.6) is 0 Å². The van der Waals surface area contributed by atoms with Crippen LogP contribution in [0.25, 0.3) is 5.69 Å². The lowest BCUT2D eigenvalue weighted by Gasteiger charge is -2.03. The topological polar surface area (TPSA) is 42.7 Å². The van der Waals surface area contributed by atoms with Crippen LogP contribution in [0.15, 0.2) is 28.9 Å². The van der Waals surface area contributed by atoms with Gasteiger partial charge in [-0.25, -0.2) is 9.07 Å². The minimum atomic E-state index is -0.297. The number of nitrogens with one attached hydrogen (secondary N) is 1. The maximum absolute atomic E-state index is 13.2. The zero-order valence-electron chi connectivity index (χ0n) is 10.0. The molecule has 0 bridgehead atoms. The molecule has 0 aliphatic heterocycles. The van der Waals surface area contributed by atoms with E-state index in [4.69, 9.17) is 0 Å². The van der Waals surface area contributed by atoms with Gasteiger partial charge < -0.3 is 5.32 Å². The minimum absolute atomic E-state index is 0.297. The molecule has 2 rings (SSSR count). The normalized spacial score (nSPS) is 10.8. The molecule has 0 radical (unpaired) electrons. The number of aromatic nitrogens is 3. The Bertz CT molecular complexity index is 527. The van der Waals surface area contributed by atoms with Crippen molar-refractivity contribution in [1.29, 1.82) is 0 Å². The number of halogens is 2. The molecule has 0 aliphatic carbocycles. The van der Waals surface area contributed by atoms with Gasteiger partial charge in [-0.15, -0.1) is 5.10 Å². The molecule has 0 unspecified atom stereocenters. The van der Waals surface area contributed by atoms with E-state index in [2.05, 4.69) is 38.5 Å². The first kappa shape index (κ1) is 13.2. The molecule has 2 aromatic rings. The highest BCUT2D eigenvalue weighted by molar-refractivity contribution is 9.10. The van der Waals surface area contributed by atoms with Gasteiger partial charge in [0.15, 0.2) is 0 Å². The molecule has 0 amide bonds. The summed E-state index contributed by atoms with van der Waals surface area (Å²) in [6.45, 7) is 3.71. The van der Waals surface area contributed by atoms with Crippen molar-refractivity contribution in [3.63, 3.8) is 0 Å². The zero-order chi connectivity index (χ0) is 13.0. The maximum atomic E-state index is 13.2. The molecule has 1 aromatic heterocycles. The first-order chi connectivity index (χ1) is 8.70. The smallest absolute Gasteiger partial charge is 0.125 e. The summed E-state index contributed by atoms with van der Waals surface area (Å²) in [4.78, 5) is 0. The number of nitrogens with zero attached hydrogens (tertiary/aromatic N) is 3. The van der Waals surface area contributed by atoms with Crippen molar-refractivity contribution in [2.75, 3.05) is 6.54 Å². The van der Waals surface area contributed by atoms with Crippen LogP contribution < -0.4 is 5.32 Å². The van der Waals surface area contributed by atoms with E-state index in [9.17, 15) is 4.39 Å². The molecule has 0 fully saturated rings. The highest BCUT2D eigenvalue weighted by Crippen LogP contribution is 2.21. The molecule has 0 spiro atoms. The van der Waals surface area contributed by atoms with Crippen LogP contribution in [-0.4, -0.2) is 21.5 Å². The summed E-state index contributed by atoms with van der Waals surface area (Å²) in [5.74, 6) is -0.297. The molecule has 0 saturated heterocycles. The van der Waals surface area contributed by atoms with E-state index in [1.54, 1.807) is 16.9 Å². The molecule has 6 heteroatoms. The Morgan fingerprint density at radius 1 is 1.44 bits per heavy atom. The van der Waals surface area contributed by atoms with E-state index in [-0.39, 0.29) is 5.82 Å². The van der Waals surface area contributed by atoms with Crippen LogP contribution >= 0.6 is 15.9 Å².